The monoisotopic (exact) mass is 267 g/mol. The standard InChI is InChI=1S/C13H21N3OS/c1-4-6-15-12-8-14-7-5-11(12)13(17)16-10(2)9-18-3/h5,7-8,10,15H,4,6,9H2,1-3H3,(H,16,17). The first-order valence-electron chi connectivity index (χ1n) is 6.16. The molecule has 0 aliphatic carbocycles. The first kappa shape index (κ1) is 14.8. The van der Waals surface area contributed by atoms with Crippen molar-refractivity contribution < 1.29 is 4.79 Å². The molecular weight excluding hydrogens is 246 g/mol. The summed E-state index contributed by atoms with van der Waals surface area (Å²) in [5.74, 6) is 0.867. The fraction of sp³-hybridized carbons (Fsp3) is 0.538. The van der Waals surface area contributed by atoms with Gasteiger partial charge in [-0.1, -0.05) is 6.92 Å². The van der Waals surface area contributed by atoms with E-state index in [1.807, 2.05) is 13.2 Å². The van der Waals surface area contributed by atoms with Gasteiger partial charge in [0.05, 0.1) is 17.4 Å². The third-order valence-corrected chi connectivity index (χ3v) is 3.26. The smallest absolute Gasteiger partial charge is 0.253 e. The molecule has 4 nitrogen and oxygen atoms in total. The molecule has 100 valence electrons. The molecule has 1 aromatic rings. The molecule has 18 heavy (non-hydrogen) atoms. The SMILES string of the molecule is CCCNc1cnccc1C(=O)NC(C)CSC. The van der Waals surface area contributed by atoms with Gasteiger partial charge in [0.1, 0.15) is 0 Å². The molecule has 1 amide bonds. The van der Waals surface area contributed by atoms with Gasteiger partial charge in [-0.15, -0.1) is 0 Å². The van der Waals surface area contributed by atoms with Crippen molar-refractivity contribution in [3.8, 4) is 0 Å². The Morgan fingerprint density at radius 3 is 3.00 bits per heavy atom. The van der Waals surface area contributed by atoms with Crippen LogP contribution in [0.3, 0.4) is 0 Å². The number of anilines is 1. The number of hydrogen-bond acceptors (Lipinski definition) is 4. The lowest BCUT2D eigenvalue weighted by molar-refractivity contribution is 0.0944. The molecule has 1 aromatic heterocycles. The number of nitrogens with one attached hydrogen (secondary N) is 2. The highest BCUT2D eigenvalue weighted by molar-refractivity contribution is 7.98. The molecule has 0 bridgehead atoms. The number of carbonyl (C=O) groups excluding carboxylic acids is 1. The van der Waals surface area contributed by atoms with Crippen LogP contribution < -0.4 is 10.6 Å². The first-order chi connectivity index (χ1) is 8.69. The number of pyridine rings is 1. The van der Waals surface area contributed by atoms with E-state index in [-0.39, 0.29) is 11.9 Å². The maximum Gasteiger partial charge on any atom is 0.253 e. The highest BCUT2D eigenvalue weighted by atomic mass is 32.2. The topological polar surface area (TPSA) is 54.0 Å². The van der Waals surface area contributed by atoms with Gasteiger partial charge in [0, 0.05) is 24.5 Å². The minimum absolute atomic E-state index is 0.0439. The molecule has 1 heterocycles. The number of aromatic nitrogens is 1. The summed E-state index contributed by atoms with van der Waals surface area (Å²) >= 11 is 1.72. The number of carbonyl (C=O) groups is 1. The highest BCUT2D eigenvalue weighted by Gasteiger charge is 2.13. The predicted molar refractivity (Wildman–Crippen MR) is 78.3 cm³/mol. The van der Waals surface area contributed by atoms with Crippen LogP contribution >= 0.6 is 11.8 Å². The second kappa shape index (κ2) is 7.97. The molecule has 0 saturated carbocycles. The van der Waals surface area contributed by atoms with Crippen molar-refractivity contribution in [2.75, 3.05) is 23.9 Å². The molecule has 0 aromatic carbocycles. The summed E-state index contributed by atoms with van der Waals surface area (Å²) in [5.41, 5.74) is 1.46. The second-order valence-corrected chi connectivity index (χ2v) is 5.09. The lowest BCUT2D eigenvalue weighted by Gasteiger charge is -2.15. The molecule has 0 radical (unpaired) electrons. The van der Waals surface area contributed by atoms with E-state index < -0.39 is 0 Å². The lowest BCUT2D eigenvalue weighted by atomic mass is 10.2. The number of nitrogens with zero attached hydrogens (tertiary/aromatic N) is 1. The van der Waals surface area contributed by atoms with E-state index in [0.717, 1.165) is 24.4 Å². The van der Waals surface area contributed by atoms with Crippen LogP contribution in [0.2, 0.25) is 0 Å². The van der Waals surface area contributed by atoms with Crippen molar-refractivity contribution in [3.05, 3.63) is 24.0 Å². The van der Waals surface area contributed by atoms with E-state index in [0.29, 0.717) is 5.56 Å². The molecule has 1 unspecified atom stereocenters. The van der Waals surface area contributed by atoms with Gasteiger partial charge in [-0.05, 0) is 25.7 Å². The summed E-state index contributed by atoms with van der Waals surface area (Å²) in [6.07, 6.45) is 6.39. The Bertz CT molecular complexity index is 384. The zero-order valence-electron chi connectivity index (χ0n) is 11.2. The van der Waals surface area contributed by atoms with E-state index in [2.05, 4.69) is 22.5 Å². The Morgan fingerprint density at radius 2 is 2.33 bits per heavy atom. The van der Waals surface area contributed by atoms with Gasteiger partial charge >= 0.3 is 0 Å². The summed E-state index contributed by atoms with van der Waals surface area (Å²) < 4.78 is 0. The quantitative estimate of drug-likeness (QED) is 0.796. The zero-order valence-corrected chi connectivity index (χ0v) is 12.0. The van der Waals surface area contributed by atoms with Gasteiger partial charge in [0.25, 0.3) is 5.91 Å². The third-order valence-electron chi connectivity index (χ3n) is 2.43. The molecule has 1 rings (SSSR count). The maximum atomic E-state index is 12.1. The van der Waals surface area contributed by atoms with Crippen molar-refractivity contribution in [2.45, 2.75) is 26.3 Å². The van der Waals surface area contributed by atoms with Gasteiger partial charge < -0.3 is 10.6 Å². The average Bonchev–Trinajstić information content (AvgIpc) is 2.36. The number of amides is 1. The lowest BCUT2D eigenvalue weighted by Crippen LogP contribution is -2.34. The molecule has 0 aliphatic heterocycles. The Balaban J connectivity index is 2.71. The van der Waals surface area contributed by atoms with E-state index in [9.17, 15) is 4.79 Å². The molecule has 0 aliphatic rings. The van der Waals surface area contributed by atoms with Crippen molar-refractivity contribution in [1.29, 1.82) is 0 Å². The molecule has 5 heteroatoms. The number of hydrogen-bond donors (Lipinski definition) is 2. The van der Waals surface area contributed by atoms with Crippen molar-refractivity contribution in [3.63, 3.8) is 0 Å². The third kappa shape index (κ3) is 4.56. The summed E-state index contributed by atoms with van der Waals surface area (Å²) in [6, 6.07) is 1.92. The van der Waals surface area contributed by atoms with Gasteiger partial charge in [-0.2, -0.15) is 11.8 Å². The Kier molecular flexibility index (Phi) is 6.57. The van der Waals surface area contributed by atoms with Crippen LogP contribution in [0.25, 0.3) is 0 Å². The van der Waals surface area contributed by atoms with Gasteiger partial charge in [-0.3, -0.25) is 9.78 Å². The van der Waals surface area contributed by atoms with Gasteiger partial charge in [-0.25, -0.2) is 0 Å². The molecule has 0 saturated heterocycles. The fourth-order valence-corrected chi connectivity index (χ4v) is 2.17. The normalized spacial score (nSPS) is 11.9. The van der Waals surface area contributed by atoms with Crippen LogP contribution in [0.1, 0.15) is 30.6 Å². The zero-order chi connectivity index (χ0) is 13.4. The summed E-state index contributed by atoms with van der Waals surface area (Å²) in [4.78, 5) is 16.2. The highest BCUT2D eigenvalue weighted by Crippen LogP contribution is 2.13. The molecular formula is C13H21N3OS. The van der Waals surface area contributed by atoms with E-state index in [1.165, 1.54) is 0 Å². The van der Waals surface area contributed by atoms with Crippen molar-refractivity contribution >= 4 is 23.4 Å². The van der Waals surface area contributed by atoms with Crippen LogP contribution in [0, 0.1) is 0 Å². The maximum absolute atomic E-state index is 12.1. The predicted octanol–water partition coefficient (Wildman–Crippen LogP) is 2.38. The van der Waals surface area contributed by atoms with Crippen LogP contribution in [-0.2, 0) is 0 Å². The summed E-state index contributed by atoms with van der Waals surface area (Å²) in [7, 11) is 0. The molecule has 0 fully saturated rings. The van der Waals surface area contributed by atoms with E-state index in [1.54, 1.807) is 30.2 Å². The van der Waals surface area contributed by atoms with E-state index in [4.69, 9.17) is 0 Å². The Morgan fingerprint density at radius 1 is 1.56 bits per heavy atom. The minimum atomic E-state index is -0.0439. The Hall–Kier alpha value is -1.23. The van der Waals surface area contributed by atoms with Crippen molar-refractivity contribution in [2.24, 2.45) is 0 Å². The van der Waals surface area contributed by atoms with Crippen LogP contribution in [0.5, 0.6) is 0 Å². The van der Waals surface area contributed by atoms with Gasteiger partial charge in [0.15, 0.2) is 0 Å². The summed E-state index contributed by atoms with van der Waals surface area (Å²) in [5, 5.41) is 6.21. The Labute approximate surface area is 113 Å². The first-order valence-corrected chi connectivity index (χ1v) is 7.56. The summed E-state index contributed by atoms with van der Waals surface area (Å²) in [6.45, 7) is 4.94. The minimum Gasteiger partial charge on any atom is -0.383 e. The van der Waals surface area contributed by atoms with Crippen LogP contribution in [-0.4, -0.2) is 35.5 Å². The van der Waals surface area contributed by atoms with Crippen LogP contribution in [0.4, 0.5) is 5.69 Å². The number of rotatable bonds is 7. The fourth-order valence-electron chi connectivity index (χ4n) is 1.59. The molecule has 1 atom stereocenters. The molecule has 2 N–H and O–H groups in total. The number of thioether (sulfide) groups is 1. The second-order valence-electron chi connectivity index (χ2n) is 4.18. The van der Waals surface area contributed by atoms with E-state index >= 15 is 0 Å². The van der Waals surface area contributed by atoms with Crippen molar-refractivity contribution in [1.82, 2.24) is 10.3 Å². The molecule has 0 spiro atoms. The largest absolute Gasteiger partial charge is 0.383 e. The van der Waals surface area contributed by atoms with Crippen LogP contribution in [0.15, 0.2) is 18.5 Å². The van der Waals surface area contributed by atoms with Gasteiger partial charge in [0.2, 0.25) is 0 Å². The average molecular weight is 267 g/mol.